The van der Waals surface area contributed by atoms with Gasteiger partial charge in [-0.05, 0) is 54.7 Å². The average molecular weight is 400 g/mol. The van der Waals surface area contributed by atoms with Crippen molar-refractivity contribution in [1.82, 2.24) is 14.1 Å². The van der Waals surface area contributed by atoms with Gasteiger partial charge < -0.3 is 5.73 Å². The number of aryl methyl sites for hydroxylation is 1. The number of fused-ring (bicyclic) bond motifs is 1. The van der Waals surface area contributed by atoms with Crippen LogP contribution in [0, 0.1) is 0 Å². The van der Waals surface area contributed by atoms with Gasteiger partial charge in [0.15, 0.2) is 0 Å². The Morgan fingerprint density at radius 1 is 0.800 bits per heavy atom. The van der Waals surface area contributed by atoms with Gasteiger partial charge in [0.25, 0.3) is 5.56 Å². The molecule has 0 aliphatic carbocycles. The maximum atomic E-state index is 13.2. The van der Waals surface area contributed by atoms with Gasteiger partial charge in [0.2, 0.25) is 0 Å². The van der Waals surface area contributed by atoms with Crippen molar-refractivity contribution in [2.45, 2.75) is 32.4 Å². The molecule has 0 atom stereocenters. The summed E-state index contributed by atoms with van der Waals surface area (Å²) in [6.07, 6.45) is 4.17. The first-order valence-corrected chi connectivity index (χ1v) is 10.1. The van der Waals surface area contributed by atoms with Crippen molar-refractivity contribution in [2.24, 2.45) is 0 Å². The Bertz CT molecular complexity index is 1260. The van der Waals surface area contributed by atoms with Crippen LogP contribution in [0.5, 0.6) is 0 Å². The highest BCUT2D eigenvalue weighted by molar-refractivity contribution is 5.73. The van der Waals surface area contributed by atoms with E-state index in [2.05, 4.69) is 17.1 Å². The van der Waals surface area contributed by atoms with Crippen LogP contribution in [0.3, 0.4) is 0 Å². The molecular formula is C24H24N4O2. The summed E-state index contributed by atoms with van der Waals surface area (Å²) in [4.78, 5) is 30.5. The van der Waals surface area contributed by atoms with Crippen molar-refractivity contribution >= 4 is 16.7 Å². The molecule has 6 nitrogen and oxygen atoms in total. The highest BCUT2D eigenvalue weighted by Crippen LogP contribution is 2.11. The van der Waals surface area contributed by atoms with Gasteiger partial charge in [-0.1, -0.05) is 42.5 Å². The lowest BCUT2D eigenvalue weighted by atomic mass is 10.1. The third-order valence-corrected chi connectivity index (χ3v) is 5.24. The second kappa shape index (κ2) is 8.78. The Morgan fingerprint density at radius 3 is 2.33 bits per heavy atom. The standard InChI is InChI=1S/C24H24N4O2/c25-20-13-11-19(12-14-20)17-28-22-21(10-6-15-26-22)23(29)27(24(28)30)16-5-4-9-18-7-2-1-3-8-18/h1-3,6-8,10-15H,4-5,9,16-17,25H2. The van der Waals surface area contributed by atoms with Gasteiger partial charge in [-0.25, -0.2) is 9.78 Å². The smallest absolute Gasteiger partial charge is 0.332 e. The molecule has 0 spiro atoms. The van der Waals surface area contributed by atoms with Crippen LogP contribution in [0.15, 0.2) is 82.5 Å². The van der Waals surface area contributed by atoms with Crippen molar-refractivity contribution in [3.63, 3.8) is 0 Å². The molecule has 0 unspecified atom stereocenters. The third-order valence-electron chi connectivity index (χ3n) is 5.24. The van der Waals surface area contributed by atoms with E-state index in [1.807, 2.05) is 30.3 Å². The van der Waals surface area contributed by atoms with E-state index in [1.165, 1.54) is 10.1 Å². The fourth-order valence-electron chi connectivity index (χ4n) is 3.64. The highest BCUT2D eigenvalue weighted by Gasteiger charge is 2.14. The molecule has 30 heavy (non-hydrogen) atoms. The Labute approximate surface area is 174 Å². The van der Waals surface area contributed by atoms with E-state index in [1.54, 1.807) is 35.0 Å². The SMILES string of the molecule is Nc1ccc(Cn2c(=O)n(CCCCc3ccccc3)c(=O)c3cccnc32)cc1. The molecule has 4 aromatic rings. The molecule has 2 heterocycles. The van der Waals surface area contributed by atoms with Crippen LogP contribution in [0.25, 0.3) is 11.0 Å². The normalized spacial score (nSPS) is 11.1. The Hall–Kier alpha value is -3.67. The summed E-state index contributed by atoms with van der Waals surface area (Å²) >= 11 is 0. The van der Waals surface area contributed by atoms with Crippen molar-refractivity contribution in [3.05, 3.63) is 105 Å². The molecule has 152 valence electrons. The number of hydrogen-bond acceptors (Lipinski definition) is 4. The van der Waals surface area contributed by atoms with Crippen LogP contribution in [-0.4, -0.2) is 14.1 Å². The summed E-state index contributed by atoms with van der Waals surface area (Å²) in [6.45, 7) is 0.716. The summed E-state index contributed by atoms with van der Waals surface area (Å²) in [6, 6.07) is 21.0. The lowest BCUT2D eigenvalue weighted by molar-refractivity contribution is 0.546. The third kappa shape index (κ3) is 4.17. The van der Waals surface area contributed by atoms with Crippen LogP contribution in [0.1, 0.15) is 24.0 Å². The van der Waals surface area contributed by atoms with Gasteiger partial charge in [0.1, 0.15) is 5.65 Å². The minimum Gasteiger partial charge on any atom is -0.399 e. The highest BCUT2D eigenvalue weighted by atomic mass is 16.2. The van der Waals surface area contributed by atoms with Crippen LogP contribution in [-0.2, 0) is 19.5 Å². The van der Waals surface area contributed by atoms with E-state index in [0.29, 0.717) is 29.8 Å². The van der Waals surface area contributed by atoms with E-state index in [0.717, 1.165) is 24.8 Å². The number of nitrogens with zero attached hydrogens (tertiary/aromatic N) is 3. The van der Waals surface area contributed by atoms with Gasteiger partial charge in [0.05, 0.1) is 11.9 Å². The fourth-order valence-corrected chi connectivity index (χ4v) is 3.64. The molecule has 0 amide bonds. The molecule has 0 fully saturated rings. The number of nitrogen functional groups attached to an aromatic ring is 1. The zero-order valence-electron chi connectivity index (χ0n) is 16.7. The maximum Gasteiger partial charge on any atom is 0.332 e. The molecule has 6 heteroatoms. The molecule has 4 rings (SSSR count). The molecule has 0 aliphatic heterocycles. The van der Waals surface area contributed by atoms with Gasteiger partial charge in [-0.15, -0.1) is 0 Å². The molecule has 2 aromatic heterocycles. The maximum absolute atomic E-state index is 13.2. The Balaban J connectivity index is 1.63. The zero-order valence-corrected chi connectivity index (χ0v) is 16.7. The topological polar surface area (TPSA) is 82.9 Å². The second-order valence-corrected chi connectivity index (χ2v) is 7.38. The summed E-state index contributed by atoms with van der Waals surface area (Å²) in [5.41, 5.74) is 8.41. The van der Waals surface area contributed by atoms with Gasteiger partial charge >= 0.3 is 5.69 Å². The van der Waals surface area contributed by atoms with Crippen LogP contribution >= 0.6 is 0 Å². The largest absolute Gasteiger partial charge is 0.399 e. The van der Waals surface area contributed by atoms with Crippen molar-refractivity contribution in [1.29, 1.82) is 0 Å². The molecule has 0 saturated heterocycles. The first-order chi connectivity index (χ1) is 14.6. The lowest BCUT2D eigenvalue weighted by Crippen LogP contribution is -2.40. The summed E-state index contributed by atoms with van der Waals surface area (Å²) in [5, 5.41) is 0.454. The quantitative estimate of drug-likeness (QED) is 0.381. The van der Waals surface area contributed by atoms with Gasteiger partial charge in [-0.2, -0.15) is 0 Å². The monoisotopic (exact) mass is 400 g/mol. The first kappa shape index (κ1) is 19.6. The number of aromatic nitrogens is 3. The average Bonchev–Trinajstić information content (AvgIpc) is 2.78. The summed E-state index contributed by atoms with van der Waals surface area (Å²) < 4.78 is 2.91. The number of pyridine rings is 1. The Kier molecular flexibility index (Phi) is 5.75. The summed E-state index contributed by atoms with van der Waals surface area (Å²) in [5.74, 6) is 0. The first-order valence-electron chi connectivity index (χ1n) is 10.1. The van der Waals surface area contributed by atoms with E-state index in [4.69, 9.17) is 5.73 Å². The van der Waals surface area contributed by atoms with Gasteiger partial charge in [0, 0.05) is 18.4 Å². The minimum absolute atomic E-state index is 0.281. The predicted molar refractivity (Wildman–Crippen MR) is 120 cm³/mol. The van der Waals surface area contributed by atoms with Crippen molar-refractivity contribution in [2.75, 3.05) is 5.73 Å². The molecule has 0 radical (unpaired) electrons. The number of hydrogen-bond donors (Lipinski definition) is 1. The van der Waals surface area contributed by atoms with E-state index in [9.17, 15) is 9.59 Å². The lowest BCUT2D eigenvalue weighted by Gasteiger charge is -2.13. The number of unbranched alkanes of at least 4 members (excludes halogenated alkanes) is 1. The zero-order chi connectivity index (χ0) is 20.9. The van der Waals surface area contributed by atoms with E-state index in [-0.39, 0.29) is 11.2 Å². The number of nitrogens with two attached hydrogens (primary N) is 1. The van der Waals surface area contributed by atoms with Crippen LogP contribution in [0.4, 0.5) is 5.69 Å². The predicted octanol–water partition coefficient (Wildman–Crippen LogP) is 3.21. The second-order valence-electron chi connectivity index (χ2n) is 7.38. The summed E-state index contributed by atoms with van der Waals surface area (Å²) in [7, 11) is 0. The van der Waals surface area contributed by atoms with Crippen LogP contribution in [0.2, 0.25) is 0 Å². The number of benzene rings is 2. The molecule has 2 aromatic carbocycles. The number of anilines is 1. The minimum atomic E-state index is -0.331. The van der Waals surface area contributed by atoms with E-state index >= 15 is 0 Å². The fraction of sp³-hybridized carbons (Fsp3) is 0.208. The van der Waals surface area contributed by atoms with Crippen LogP contribution < -0.4 is 17.0 Å². The van der Waals surface area contributed by atoms with Crippen molar-refractivity contribution < 1.29 is 0 Å². The Morgan fingerprint density at radius 2 is 1.57 bits per heavy atom. The van der Waals surface area contributed by atoms with E-state index < -0.39 is 0 Å². The molecule has 2 N–H and O–H groups in total. The molecule has 0 saturated carbocycles. The molecular weight excluding hydrogens is 376 g/mol. The van der Waals surface area contributed by atoms with Crippen molar-refractivity contribution in [3.8, 4) is 0 Å². The molecule has 0 bridgehead atoms. The number of rotatable bonds is 7. The molecule has 0 aliphatic rings. The van der Waals surface area contributed by atoms with Gasteiger partial charge in [-0.3, -0.25) is 13.9 Å².